The molecule has 6 nitrogen and oxygen atoms in total. The number of aromatic nitrogens is 3. The van der Waals surface area contributed by atoms with Crippen molar-refractivity contribution in [3.63, 3.8) is 0 Å². The topological polar surface area (TPSA) is 76.9 Å². The first kappa shape index (κ1) is 12.8. The fraction of sp³-hybridized carbons (Fsp3) is 0.111. The molecule has 0 atom stereocenters. The van der Waals surface area contributed by atoms with Gasteiger partial charge < -0.3 is 0 Å². The Bertz CT molecular complexity index is 645. The molecule has 2 rings (SSSR count). The van der Waals surface area contributed by atoms with Crippen molar-refractivity contribution in [2.24, 2.45) is 0 Å². The summed E-state index contributed by atoms with van der Waals surface area (Å²) in [5.41, 5.74) is 0.262. The molecule has 1 aromatic heterocycles. The lowest BCUT2D eigenvalue weighted by Crippen LogP contribution is -2.13. The predicted molar refractivity (Wildman–Crippen MR) is 64.6 cm³/mol. The Kier molecular flexibility index (Phi) is 3.48. The quantitative estimate of drug-likeness (QED) is 0.862. The van der Waals surface area contributed by atoms with Gasteiger partial charge in [-0.05, 0) is 12.1 Å². The zero-order chi connectivity index (χ0) is 13.2. The van der Waals surface area contributed by atoms with E-state index in [-0.39, 0.29) is 11.4 Å². The van der Waals surface area contributed by atoms with Gasteiger partial charge in [0.05, 0.1) is 5.69 Å². The SMILES string of the molecule is O=S(=O)(CCl)Nc1ccc(-n2cncn2)c(F)c1. The molecule has 1 N–H and O–H groups in total. The Labute approximate surface area is 107 Å². The van der Waals surface area contributed by atoms with Crippen LogP contribution in [-0.4, -0.2) is 28.4 Å². The molecular formula is C9H8ClFN4O2S. The summed E-state index contributed by atoms with van der Waals surface area (Å²) >= 11 is 5.23. The van der Waals surface area contributed by atoms with Gasteiger partial charge in [-0.3, -0.25) is 4.72 Å². The van der Waals surface area contributed by atoms with Crippen molar-refractivity contribution in [2.45, 2.75) is 0 Å². The number of anilines is 1. The van der Waals surface area contributed by atoms with E-state index in [2.05, 4.69) is 14.8 Å². The van der Waals surface area contributed by atoms with E-state index in [4.69, 9.17) is 11.6 Å². The van der Waals surface area contributed by atoms with E-state index in [1.54, 1.807) is 0 Å². The first-order valence-corrected chi connectivity index (χ1v) is 6.91. The molecule has 0 aliphatic rings. The average Bonchev–Trinajstić information content (AvgIpc) is 2.82. The molecule has 0 saturated carbocycles. The normalized spacial score (nSPS) is 11.4. The molecule has 0 fully saturated rings. The molecule has 0 bridgehead atoms. The predicted octanol–water partition coefficient (Wildman–Crippen LogP) is 1.34. The van der Waals surface area contributed by atoms with Crippen LogP contribution in [0.15, 0.2) is 30.9 Å². The van der Waals surface area contributed by atoms with E-state index in [1.165, 1.54) is 29.5 Å². The molecule has 0 aliphatic heterocycles. The van der Waals surface area contributed by atoms with Gasteiger partial charge in [0.15, 0.2) is 5.82 Å². The van der Waals surface area contributed by atoms with E-state index in [9.17, 15) is 12.8 Å². The fourth-order valence-corrected chi connectivity index (χ4v) is 2.00. The average molecular weight is 291 g/mol. The number of sulfonamides is 1. The monoisotopic (exact) mass is 290 g/mol. The number of hydrogen-bond donors (Lipinski definition) is 1. The van der Waals surface area contributed by atoms with Crippen LogP contribution in [-0.2, 0) is 10.0 Å². The van der Waals surface area contributed by atoms with Crippen LogP contribution in [0.25, 0.3) is 5.69 Å². The number of halogens is 2. The Morgan fingerprint density at radius 2 is 2.22 bits per heavy atom. The second-order valence-corrected chi connectivity index (χ2v) is 5.64. The highest BCUT2D eigenvalue weighted by atomic mass is 35.5. The summed E-state index contributed by atoms with van der Waals surface area (Å²) in [6, 6.07) is 3.83. The van der Waals surface area contributed by atoms with Gasteiger partial charge in [-0.15, -0.1) is 11.6 Å². The minimum atomic E-state index is -3.64. The maximum atomic E-state index is 13.7. The van der Waals surface area contributed by atoms with Crippen LogP contribution in [0.1, 0.15) is 0 Å². The van der Waals surface area contributed by atoms with Crippen LogP contribution in [0.3, 0.4) is 0 Å². The number of benzene rings is 1. The highest BCUT2D eigenvalue weighted by Gasteiger charge is 2.11. The molecule has 96 valence electrons. The molecule has 0 unspecified atom stereocenters. The molecule has 0 radical (unpaired) electrons. The van der Waals surface area contributed by atoms with E-state index >= 15 is 0 Å². The first-order chi connectivity index (χ1) is 8.52. The number of hydrogen-bond acceptors (Lipinski definition) is 4. The van der Waals surface area contributed by atoms with Crippen molar-refractivity contribution < 1.29 is 12.8 Å². The van der Waals surface area contributed by atoms with Crippen molar-refractivity contribution in [3.8, 4) is 5.69 Å². The Hall–Kier alpha value is -1.67. The third-order valence-corrected chi connectivity index (χ3v) is 3.73. The summed E-state index contributed by atoms with van der Waals surface area (Å²) in [5.74, 6) is -0.629. The van der Waals surface area contributed by atoms with Gasteiger partial charge in [0, 0.05) is 6.07 Å². The zero-order valence-electron chi connectivity index (χ0n) is 8.92. The van der Waals surface area contributed by atoms with Gasteiger partial charge in [-0.25, -0.2) is 22.5 Å². The van der Waals surface area contributed by atoms with Crippen LogP contribution in [0.2, 0.25) is 0 Å². The molecule has 18 heavy (non-hydrogen) atoms. The summed E-state index contributed by atoms with van der Waals surface area (Å²) in [6.45, 7) is 0. The number of rotatable bonds is 4. The molecule has 0 amide bonds. The van der Waals surface area contributed by atoms with E-state index in [0.29, 0.717) is 0 Å². The van der Waals surface area contributed by atoms with Gasteiger partial charge in [0.2, 0.25) is 10.0 Å². The van der Waals surface area contributed by atoms with E-state index < -0.39 is 21.1 Å². The van der Waals surface area contributed by atoms with Crippen LogP contribution in [0, 0.1) is 5.82 Å². The van der Waals surface area contributed by atoms with Crippen molar-refractivity contribution in [3.05, 3.63) is 36.7 Å². The molecule has 0 aliphatic carbocycles. The Morgan fingerprint density at radius 1 is 1.44 bits per heavy atom. The molecule has 1 heterocycles. The highest BCUT2D eigenvalue weighted by molar-refractivity contribution is 7.93. The zero-order valence-corrected chi connectivity index (χ0v) is 10.5. The largest absolute Gasteiger partial charge is 0.282 e. The minimum Gasteiger partial charge on any atom is -0.282 e. The maximum absolute atomic E-state index is 13.7. The Balaban J connectivity index is 2.31. The lowest BCUT2D eigenvalue weighted by Gasteiger charge is -2.07. The number of nitrogens with one attached hydrogen (secondary N) is 1. The summed E-state index contributed by atoms with van der Waals surface area (Å²) < 4.78 is 39.5. The summed E-state index contributed by atoms with van der Waals surface area (Å²) in [6.07, 6.45) is 2.60. The van der Waals surface area contributed by atoms with Gasteiger partial charge in [0.25, 0.3) is 0 Å². The fourth-order valence-electron chi connectivity index (χ4n) is 1.30. The Morgan fingerprint density at radius 3 is 2.78 bits per heavy atom. The summed E-state index contributed by atoms with van der Waals surface area (Å²) in [7, 11) is -3.64. The molecule has 0 saturated heterocycles. The third-order valence-electron chi connectivity index (χ3n) is 2.03. The van der Waals surface area contributed by atoms with Crippen LogP contribution in [0.5, 0.6) is 0 Å². The van der Waals surface area contributed by atoms with Gasteiger partial charge in [0.1, 0.15) is 23.6 Å². The molecule has 0 spiro atoms. The standard InChI is InChI=1S/C9H8ClFN4O2S/c10-4-18(16,17)14-7-1-2-9(8(11)3-7)15-6-12-5-13-15/h1-3,5-6,14H,4H2. The van der Waals surface area contributed by atoms with Crippen LogP contribution < -0.4 is 4.72 Å². The van der Waals surface area contributed by atoms with Gasteiger partial charge in [-0.1, -0.05) is 0 Å². The van der Waals surface area contributed by atoms with Crippen LogP contribution >= 0.6 is 11.6 Å². The van der Waals surface area contributed by atoms with Crippen molar-refractivity contribution in [2.75, 3.05) is 9.93 Å². The van der Waals surface area contributed by atoms with Crippen molar-refractivity contribution >= 4 is 27.3 Å². The number of nitrogens with zero attached hydrogens (tertiary/aromatic N) is 3. The summed E-state index contributed by atoms with van der Waals surface area (Å²) in [4.78, 5) is 3.69. The minimum absolute atomic E-state index is 0.0945. The second kappa shape index (κ2) is 4.91. The van der Waals surface area contributed by atoms with E-state index in [1.807, 2.05) is 0 Å². The smallest absolute Gasteiger partial charge is 0.246 e. The number of alkyl halides is 1. The lowest BCUT2D eigenvalue weighted by atomic mass is 10.3. The molecular weight excluding hydrogens is 283 g/mol. The lowest BCUT2D eigenvalue weighted by molar-refractivity contribution is 0.604. The third kappa shape index (κ3) is 2.77. The summed E-state index contributed by atoms with van der Waals surface area (Å²) in [5, 5.41) is 3.18. The van der Waals surface area contributed by atoms with E-state index in [0.717, 1.165) is 6.07 Å². The molecule has 2 aromatic rings. The maximum Gasteiger partial charge on any atom is 0.246 e. The van der Waals surface area contributed by atoms with Crippen molar-refractivity contribution in [1.29, 1.82) is 0 Å². The highest BCUT2D eigenvalue weighted by Crippen LogP contribution is 2.18. The van der Waals surface area contributed by atoms with Gasteiger partial charge in [-0.2, -0.15) is 5.10 Å². The van der Waals surface area contributed by atoms with Crippen LogP contribution in [0.4, 0.5) is 10.1 Å². The second-order valence-electron chi connectivity index (χ2n) is 3.33. The first-order valence-electron chi connectivity index (χ1n) is 4.73. The van der Waals surface area contributed by atoms with Crippen molar-refractivity contribution in [1.82, 2.24) is 14.8 Å². The molecule has 1 aromatic carbocycles. The van der Waals surface area contributed by atoms with Gasteiger partial charge >= 0.3 is 0 Å². The molecule has 9 heteroatoms.